The lowest BCUT2D eigenvalue weighted by Gasteiger charge is -1.93. The maximum atomic E-state index is 3.13. The van der Waals surface area contributed by atoms with Crippen LogP contribution in [0.2, 0.25) is 0 Å². The maximum Gasteiger partial charge on any atom is 0.00989 e. The van der Waals surface area contributed by atoms with E-state index in [1.807, 2.05) is 0 Å². The van der Waals surface area contributed by atoms with Gasteiger partial charge >= 0.3 is 0 Å². The van der Waals surface area contributed by atoms with E-state index in [0.717, 1.165) is 38.5 Å². The Bertz CT molecular complexity index is 419. The first-order valence-corrected chi connectivity index (χ1v) is 7.41. The molecule has 1 rings (SSSR count). The molecule has 0 heterocycles. The van der Waals surface area contributed by atoms with E-state index in [4.69, 9.17) is 0 Å². The first-order valence-electron chi connectivity index (χ1n) is 7.41. The van der Waals surface area contributed by atoms with E-state index in [2.05, 4.69) is 47.4 Å². The van der Waals surface area contributed by atoms with Crippen molar-refractivity contribution in [1.29, 1.82) is 0 Å². The van der Waals surface area contributed by atoms with E-state index in [1.165, 1.54) is 32.1 Å². The normalized spacial score (nSPS) is 17.3. The fourth-order valence-corrected chi connectivity index (χ4v) is 1.81. The second-order valence-corrected chi connectivity index (χ2v) is 4.68. The Morgan fingerprint density at radius 3 is 0.895 bits per heavy atom. The van der Waals surface area contributed by atoms with Crippen LogP contribution >= 0.6 is 0 Å². The molecule has 0 unspecified atom stereocenters. The minimum Gasteiger partial charge on any atom is -0.0891 e. The van der Waals surface area contributed by atoms with Crippen LogP contribution in [0.4, 0.5) is 0 Å². The quantitative estimate of drug-likeness (QED) is 0.562. The van der Waals surface area contributed by atoms with Crippen LogP contribution in [0.5, 0.6) is 0 Å². The Morgan fingerprint density at radius 2 is 0.579 bits per heavy atom. The standard InChI is InChI=1S/C19H22/c1-2-4-6-8-10-12-14-16-18-19-17-15-13-11-9-7-5-3-1/h1-6,15-19H2. The molecule has 0 aromatic heterocycles. The molecule has 19 heavy (non-hydrogen) atoms. The highest BCUT2D eigenvalue weighted by atomic mass is 13.9. The fourth-order valence-electron chi connectivity index (χ4n) is 1.81. The van der Waals surface area contributed by atoms with Crippen LogP contribution < -0.4 is 0 Å². The first-order chi connectivity index (χ1) is 9.50. The summed E-state index contributed by atoms with van der Waals surface area (Å²) < 4.78 is 0. The summed E-state index contributed by atoms with van der Waals surface area (Å²) in [4.78, 5) is 0. The monoisotopic (exact) mass is 250 g/mol. The average molecular weight is 250 g/mol. The van der Waals surface area contributed by atoms with Gasteiger partial charge in [-0.15, -0.1) is 0 Å². The lowest BCUT2D eigenvalue weighted by Crippen LogP contribution is -1.77. The van der Waals surface area contributed by atoms with Crippen molar-refractivity contribution in [3.8, 4) is 47.4 Å². The first kappa shape index (κ1) is 15.3. The van der Waals surface area contributed by atoms with Crippen molar-refractivity contribution < 1.29 is 0 Å². The summed E-state index contributed by atoms with van der Waals surface area (Å²) in [5.41, 5.74) is 0. The highest BCUT2D eigenvalue weighted by Gasteiger charge is 1.87. The predicted molar refractivity (Wildman–Crippen MR) is 81.9 cm³/mol. The number of hydrogen-bond donors (Lipinski definition) is 0. The smallest absolute Gasteiger partial charge is 0.00989 e. The molecule has 98 valence electrons. The lowest BCUT2D eigenvalue weighted by atomic mass is 10.1. The van der Waals surface area contributed by atoms with Gasteiger partial charge in [0.05, 0.1) is 0 Å². The van der Waals surface area contributed by atoms with Gasteiger partial charge in [-0.05, 0) is 49.4 Å². The van der Waals surface area contributed by atoms with Crippen LogP contribution in [0.15, 0.2) is 0 Å². The van der Waals surface area contributed by atoms with Gasteiger partial charge in [0.15, 0.2) is 0 Å². The summed E-state index contributed by atoms with van der Waals surface area (Å²) in [7, 11) is 0. The summed E-state index contributed by atoms with van der Waals surface area (Å²) in [5, 5.41) is 0. The van der Waals surface area contributed by atoms with E-state index in [1.54, 1.807) is 0 Å². The van der Waals surface area contributed by atoms with E-state index in [9.17, 15) is 0 Å². The van der Waals surface area contributed by atoms with Gasteiger partial charge in [0, 0.05) is 25.7 Å². The van der Waals surface area contributed by atoms with Gasteiger partial charge in [-0.1, -0.05) is 42.9 Å². The van der Waals surface area contributed by atoms with Gasteiger partial charge in [-0.3, -0.25) is 0 Å². The number of rotatable bonds is 0. The summed E-state index contributed by atoms with van der Waals surface area (Å²) in [5.74, 6) is 24.3. The average Bonchev–Trinajstić information content (AvgIpc) is 2.43. The van der Waals surface area contributed by atoms with Crippen molar-refractivity contribution in [2.75, 3.05) is 0 Å². The second-order valence-electron chi connectivity index (χ2n) is 4.68. The predicted octanol–water partition coefficient (Wildman–Crippen LogP) is 4.30. The lowest BCUT2D eigenvalue weighted by molar-refractivity contribution is 0.661. The van der Waals surface area contributed by atoms with E-state index < -0.39 is 0 Å². The van der Waals surface area contributed by atoms with Crippen LogP contribution in [0.3, 0.4) is 0 Å². The molecule has 0 atom stereocenters. The summed E-state index contributed by atoms with van der Waals surface area (Å²) in [6.07, 6.45) is 12.2. The molecule has 0 aromatic carbocycles. The Kier molecular flexibility index (Phi) is 10.2. The molecule has 0 saturated heterocycles. The van der Waals surface area contributed by atoms with Crippen molar-refractivity contribution in [3.05, 3.63) is 0 Å². The third-order valence-electron chi connectivity index (χ3n) is 2.94. The third-order valence-corrected chi connectivity index (χ3v) is 2.94. The Labute approximate surface area is 118 Å². The largest absolute Gasteiger partial charge is 0.0891 e. The molecule has 0 heteroatoms. The number of hydrogen-bond acceptors (Lipinski definition) is 0. The van der Waals surface area contributed by atoms with Crippen molar-refractivity contribution in [2.45, 2.75) is 70.6 Å². The molecule has 1 aliphatic carbocycles. The molecule has 0 aromatic rings. The highest BCUT2D eigenvalue weighted by molar-refractivity contribution is 5.26. The topological polar surface area (TPSA) is 0 Å². The van der Waals surface area contributed by atoms with Crippen molar-refractivity contribution in [2.24, 2.45) is 0 Å². The molecular formula is C19H22. The van der Waals surface area contributed by atoms with Crippen molar-refractivity contribution in [1.82, 2.24) is 0 Å². The van der Waals surface area contributed by atoms with Gasteiger partial charge in [0.25, 0.3) is 0 Å². The molecule has 0 saturated carbocycles. The van der Waals surface area contributed by atoms with E-state index in [-0.39, 0.29) is 0 Å². The van der Waals surface area contributed by atoms with Gasteiger partial charge in [-0.25, -0.2) is 0 Å². The van der Waals surface area contributed by atoms with Gasteiger partial charge < -0.3 is 0 Å². The van der Waals surface area contributed by atoms with Crippen molar-refractivity contribution in [3.63, 3.8) is 0 Å². The molecule has 0 radical (unpaired) electrons. The molecule has 0 spiro atoms. The zero-order valence-corrected chi connectivity index (χ0v) is 11.8. The van der Waals surface area contributed by atoms with Gasteiger partial charge in [0.1, 0.15) is 0 Å². The van der Waals surface area contributed by atoms with Crippen molar-refractivity contribution >= 4 is 0 Å². The highest BCUT2D eigenvalue weighted by Crippen LogP contribution is 2.04. The third kappa shape index (κ3) is 11.1. The van der Waals surface area contributed by atoms with E-state index >= 15 is 0 Å². The SMILES string of the molecule is C1#CCCCCCC#CC#CCCCCCCC#C1. The second kappa shape index (κ2) is 12.7. The van der Waals surface area contributed by atoms with Crippen LogP contribution in [-0.4, -0.2) is 0 Å². The zero-order chi connectivity index (χ0) is 13.4. The Balaban J connectivity index is 2.34. The van der Waals surface area contributed by atoms with Crippen LogP contribution in [0.1, 0.15) is 70.6 Å². The van der Waals surface area contributed by atoms with Crippen LogP contribution in [0, 0.1) is 47.4 Å². The Morgan fingerprint density at radius 1 is 0.316 bits per heavy atom. The van der Waals surface area contributed by atoms with Crippen LogP contribution in [-0.2, 0) is 0 Å². The Hall–Kier alpha value is -1.76. The molecular weight excluding hydrogens is 228 g/mol. The minimum atomic E-state index is 0.960. The molecule has 0 bridgehead atoms. The fraction of sp³-hybridized carbons (Fsp3) is 0.579. The minimum absolute atomic E-state index is 0.960. The summed E-state index contributed by atoms with van der Waals surface area (Å²) in [6.45, 7) is 0. The molecule has 0 fully saturated rings. The van der Waals surface area contributed by atoms with Crippen LogP contribution in [0.25, 0.3) is 0 Å². The summed E-state index contributed by atoms with van der Waals surface area (Å²) in [6, 6.07) is 0. The zero-order valence-electron chi connectivity index (χ0n) is 11.8. The molecule has 0 N–H and O–H groups in total. The van der Waals surface area contributed by atoms with Gasteiger partial charge in [0.2, 0.25) is 0 Å². The molecule has 0 aliphatic heterocycles. The van der Waals surface area contributed by atoms with E-state index in [0.29, 0.717) is 0 Å². The summed E-state index contributed by atoms with van der Waals surface area (Å²) >= 11 is 0. The van der Waals surface area contributed by atoms with Gasteiger partial charge in [-0.2, -0.15) is 0 Å². The molecule has 1 aliphatic rings. The molecule has 0 nitrogen and oxygen atoms in total. The molecule has 0 amide bonds. The maximum absolute atomic E-state index is 3.13.